The van der Waals surface area contributed by atoms with Crippen molar-refractivity contribution >= 4 is 34.0 Å². The predicted octanol–water partition coefficient (Wildman–Crippen LogP) is 3.01. The maximum absolute atomic E-state index is 5.99. The van der Waals surface area contributed by atoms with Gasteiger partial charge in [0.05, 0.1) is 5.52 Å². The summed E-state index contributed by atoms with van der Waals surface area (Å²) in [6, 6.07) is 23.8. The summed E-state index contributed by atoms with van der Waals surface area (Å²) in [5.41, 5.74) is 4.05. The van der Waals surface area contributed by atoms with Crippen molar-refractivity contribution in [3.8, 4) is 11.4 Å². The second-order valence-corrected chi connectivity index (χ2v) is 6.35. The van der Waals surface area contributed by atoms with Crippen LogP contribution in [0.4, 0.5) is 11.5 Å². The molecule has 5 heteroatoms. The summed E-state index contributed by atoms with van der Waals surface area (Å²) in [6.07, 6.45) is 0. The average molecular weight is 381 g/mol. The Balaban J connectivity index is 0.00000196. The lowest BCUT2D eigenvalue weighted by atomic mass is 10.1. The number of para-hydroxylation sites is 1. The summed E-state index contributed by atoms with van der Waals surface area (Å²) in [5.74, 6) is 1.46. The molecule has 0 aliphatic rings. The SMILES string of the molecule is Cc1ccc(Nc2nc(-c3ccc(Cl)cc3)nc3ccccc23)cc1.[Cl-]. The molecule has 0 unspecified atom stereocenters. The normalized spacial score (nSPS) is 10.4. The second-order valence-electron chi connectivity index (χ2n) is 5.91. The molecule has 0 bridgehead atoms. The van der Waals surface area contributed by atoms with E-state index in [1.165, 1.54) is 5.56 Å². The molecular weight excluding hydrogens is 365 g/mol. The van der Waals surface area contributed by atoms with Gasteiger partial charge in [-0.05, 0) is 55.5 Å². The van der Waals surface area contributed by atoms with E-state index in [1.807, 2.05) is 60.7 Å². The molecule has 0 spiro atoms. The summed E-state index contributed by atoms with van der Waals surface area (Å²) in [6.45, 7) is 2.07. The van der Waals surface area contributed by atoms with Crippen LogP contribution in [0.2, 0.25) is 5.02 Å². The minimum atomic E-state index is 0. The van der Waals surface area contributed by atoms with Crippen molar-refractivity contribution in [3.05, 3.63) is 83.4 Å². The van der Waals surface area contributed by atoms with Gasteiger partial charge >= 0.3 is 0 Å². The fourth-order valence-corrected chi connectivity index (χ4v) is 2.80. The molecule has 0 saturated heterocycles. The Hall–Kier alpha value is -2.62. The lowest BCUT2D eigenvalue weighted by Crippen LogP contribution is -3.00. The Kier molecular flexibility index (Phi) is 5.40. The number of aryl methyl sites for hydroxylation is 1. The van der Waals surface area contributed by atoms with Crippen LogP contribution in [0.25, 0.3) is 22.3 Å². The first kappa shape index (κ1) is 18.2. The molecule has 130 valence electrons. The molecule has 0 atom stereocenters. The van der Waals surface area contributed by atoms with Crippen LogP contribution in [0.5, 0.6) is 0 Å². The average Bonchev–Trinajstić information content (AvgIpc) is 2.64. The largest absolute Gasteiger partial charge is 1.00 e. The number of hydrogen-bond acceptors (Lipinski definition) is 3. The van der Waals surface area contributed by atoms with Gasteiger partial charge in [0.1, 0.15) is 5.82 Å². The minimum absolute atomic E-state index is 0. The number of hydrogen-bond donors (Lipinski definition) is 1. The van der Waals surface area contributed by atoms with Crippen LogP contribution in [-0.2, 0) is 0 Å². The van der Waals surface area contributed by atoms with Gasteiger partial charge < -0.3 is 17.7 Å². The number of halogens is 2. The number of benzene rings is 3. The fourth-order valence-electron chi connectivity index (χ4n) is 2.67. The topological polar surface area (TPSA) is 37.8 Å². The van der Waals surface area contributed by atoms with Crippen LogP contribution >= 0.6 is 11.6 Å². The summed E-state index contributed by atoms with van der Waals surface area (Å²) in [7, 11) is 0. The molecule has 0 radical (unpaired) electrons. The number of rotatable bonds is 3. The van der Waals surface area contributed by atoms with Crippen LogP contribution in [0.3, 0.4) is 0 Å². The molecule has 1 aromatic heterocycles. The third kappa shape index (κ3) is 3.79. The number of nitrogens with zero attached hydrogens (tertiary/aromatic N) is 2. The van der Waals surface area contributed by atoms with Gasteiger partial charge in [-0.25, -0.2) is 9.97 Å². The van der Waals surface area contributed by atoms with E-state index >= 15 is 0 Å². The summed E-state index contributed by atoms with van der Waals surface area (Å²) >= 11 is 5.99. The predicted molar refractivity (Wildman–Crippen MR) is 104 cm³/mol. The highest BCUT2D eigenvalue weighted by atomic mass is 35.5. The molecule has 26 heavy (non-hydrogen) atoms. The van der Waals surface area contributed by atoms with Gasteiger partial charge in [-0.2, -0.15) is 0 Å². The highest BCUT2D eigenvalue weighted by molar-refractivity contribution is 6.30. The van der Waals surface area contributed by atoms with E-state index in [9.17, 15) is 0 Å². The van der Waals surface area contributed by atoms with E-state index in [2.05, 4.69) is 24.4 Å². The molecule has 3 aromatic carbocycles. The van der Waals surface area contributed by atoms with Gasteiger partial charge in [0.25, 0.3) is 0 Å². The Morgan fingerprint density at radius 3 is 2.23 bits per heavy atom. The first-order valence-corrected chi connectivity index (χ1v) is 8.43. The van der Waals surface area contributed by atoms with Crippen molar-refractivity contribution in [2.45, 2.75) is 6.92 Å². The van der Waals surface area contributed by atoms with Crippen LogP contribution in [0, 0.1) is 6.92 Å². The first-order valence-electron chi connectivity index (χ1n) is 8.05. The Morgan fingerprint density at radius 2 is 1.50 bits per heavy atom. The van der Waals surface area contributed by atoms with E-state index in [-0.39, 0.29) is 12.4 Å². The van der Waals surface area contributed by atoms with E-state index in [0.29, 0.717) is 10.8 Å². The van der Waals surface area contributed by atoms with Crippen molar-refractivity contribution in [2.75, 3.05) is 5.32 Å². The van der Waals surface area contributed by atoms with Crippen molar-refractivity contribution in [1.82, 2.24) is 9.97 Å². The molecular formula is C21H16Cl2N3-. The molecule has 0 aliphatic heterocycles. The standard InChI is InChI=1S/C21H16ClN3.ClH/c1-14-6-12-17(13-7-14)23-21-18-4-2-3-5-19(18)24-20(25-21)15-8-10-16(22)11-9-15;/h2-13H,1H3,(H,23,24,25);1H/p-1. The number of nitrogens with one attached hydrogen (secondary N) is 1. The summed E-state index contributed by atoms with van der Waals surface area (Å²) < 4.78 is 0. The van der Waals surface area contributed by atoms with Crippen molar-refractivity contribution in [3.63, 3.8) is 0 Å². The third-order valence-electron chi connectivity index (χ3n) is 4.02. The molecule has 0 fully saturated rings. The summed E-state index contributed by atoms with van der Waals surface area (Å²) in [5, 5.41) is 5.10. The van der Waals surface area contributed by atoms with E-state index in [0.717, 1.165) is 28.0 Å². The van der Waals surface area contributed by atoms with E-state index in [4.69, 9.17) is 21.6 Å². The molecule has 3 nitrogen and oxygen atoms in total. The lowest BCUT2D eigenvalue weighted by Gasteiger charge is -2.11. The van der Waals surface area contributed by atoms with Crippen molar-refractivity contribution < 1.29 is 12.4 Å². The van der Waals surface area contributed by atoms with E-state index in [1.54, 1.807) is 0 Å². The van der Waals surface area contributed by atoms with E-state index < -0.39 is 0 Å². The number of fused-ring (bicyclic) bond motifs is 1. The second kappa shape index (κ2) is 7.73. The zero-order valence-electron chi connectivity index (χ0n) is 14.1. The van der Waals surface area contributed by atoms with Crippen LogP contribution < -0.4 is 17.7 Å². The van der Waals surface area contributed by atoms with Crippen molar-refractivity contribution in [2.24, 2.45) is 0 Å². The van der Waals surface area contributed by atoms with Gasteiger partial charge in [0.15, 0.2) is 5.82 Å². The number of aromatic nitrogens is 2. The van der Waals surface area contributed by atoms with Crippen molar-refractivity contribution in [1.29, 1.82) is 0 Å². The lowest BCUT2D eigenvalue weighted by molar-refractivity contribution is -0.00000499. The maximum Gasteiger partial charge on any atom is 0.162 e. The minimum Gasteiger partial charge on any atom is -1.00 e. The quantitative estimate of drug-likeness (QED) is 0.593. The molecule has 4 rings (SSSR count). The van der Waals surface area contributed by atoms with Gasteiger partial charge in [-0.1, -0.05) is 41.4 Å². The number of anilines is 2. The maximum atomic E-state index is 5.99. The highest BCUT2D eigenvalue weighted by Gasteiger charge is 2.09. The van der Waals surface area contributed by atoms with Crippen LogP contribution in [0.15, 0.2) is 72.8 Å². The Labute approximate surface area is 163 Å². The summed E-state index contributed by atoms with van der Waals surface area (Å²) in [4.78, 5) is 9.45. The van der Waals surface area contributed by atoms with Crippen LogP contribution in [-0.4, -0.2) is 9.97 Å². The first-order chi connectivity index (χ1) is 12.2. The van der Waals surface area contributed by atoms with Gasteiger partial charge in [0.2, 0.25) is 0 Å². The molecule has 0 amide bonds. The third-order valence-corrected chi connectivity index (χ3v) is 4.27. The zero-order valence-corrected chi connectivity index (χ0v) is 15.6. The Morgan fingerprint density at radius 1 is 0.808 bits per heavy atom. The molecule has 0 aliphatic carbocycles. The van der Waals surface area contributed by atoms with Gasteiger partial charge in [0, 0.05) is 21.7 Å². The monoisotopic (exact) mass is 380 g/mol. The Bertz CT molecular complexity index is 1030. The van der Waals surface area contributed by atoms with Crippen LogP contribution in [0.1, 0.15) is 5.56 Å². The van der Waals surface area contributed by atoms with Gasteiger partial charge in [-0.3, -0.25) is 0 Å². The molecule has 0 saturated carbocycles. The smallest absolute Gasteiger partial charge is 0.162 e. The highest BCUT2D eigenvalue weighted by Crippen LogP contribution is 2.27. The molecule has 1 heterocycles. The molecule has 4 aromatic rings. The van der Waals surface area contributed by atoms with Gasteiger partial charge in [-0.15, -0.1) is 0 Å². The zero-order chi connectivity index (χ0) is 17.2. The fraction of sp³-hybridized carbons (Fsp3) is 0.0476. The molecule has 1 N–H and O–H groups in total.